The molecule has 2 N–H and O–H groups in total. The fourth-order valence-corrected chi connectivity index (χ4v) is 2.02. The van der Waals surface area contributed by atoms with E-state index in [1.807, 2.05) is 0 Å². The van der Waals surface area contributed by atoms with Crippen LogP contribution < -0.4 is 5.32 Å². The monoisotopic (exact) mass is 214 g/mol. The van der Waals surface area contributed by atoms with Crippen LogP contribution in [0.5, 0.6) is 0 Å². The Morgan fingerprint density at radius 1 is 1.53 bits per heavy atom. The van der Waals surface area contributed by atoms with Gasteiger partial charge in [-0.1, -0.05) is 19.8 Å². The second kappa shape index (κ2) is 6.80. The normalized spacial score (nSPS) is 22.1. The van der Waals surface area contributed by atoms with Gasteiger partial charge in [0.1, 0.15) is 0 Å². The summed E-state index contributed by atoms with van der Waals surface area (Å²) in [5, 5.41) is 11.6. The van der Waals surface area contributed by atoms with Crippen LogP contribution in [0.3, 0.4) is 0 Å². The molecule has 4 heteroatoms. The van der Waals surface area contributed by atoms with Crippen LogP contribution in [-0.4, -0.2) is 48.2 Å². The van der Waals surface area contributed by atoms with Crippen molar-refractivity contribution >= 4 is 5.97 Å². The molecule has 1 aliphatic rings. The van der Waals surface area contributed by atoms with Crippen LogP contribution in [0.1, 0.15) is 32.6 Å². The Hall–Kier alpha value is -0.610. The van der Waals surface area contributed by atoms with Gasteiger partial charge in [0.25, 0.3) is 0 Å². The molecule has 0 saturated carbocycles. The van der Waals surface area contributed by atoms with E-state index in [2.05, 4.69) is 17.1 Å². The number of carboxylic acid groups (broad SMARTS) is 1. The Bertz CT molecular complexity index is 197. The number of carbonyl (C=O) groups is 1. The van der Waals surface area contributed by atoms with E-state index in [0.717, 1.165) is 19.5 Å². The number of rotatable bonds is 7. The average Bonchev–Trinajstić information content (AvgIpc) is 2.63. The van der Waals surface area contributed by atoms with Gasteiger partial charge in [-0.25, -0.2) is 0 Å². The van der Waals surface area contributed by atoms with Gasteiger partial charge < -0.3 is 15.3 Å². The SMILES string of the molecule is CCCCCN1CCC(NCC(=O)O)C1. The van der Waals surface area contributed by atoms with Crippen molar-refractivity contribution in [1.29, 1.82) is 0 Å². The molecular weight excluding hydrogens is 192 g/mol. The predicted molar refractivity (Wildman–Crippen MR) is 60.0 cm³/mol. The average molecular weight is 214 g/mol. The fourth-order valence-electron chi connectivity index (χ4n) is 2.02. The summed E-state index contributed by atoms with van der Waals surface area (Å²) in [7, 11) is 0. The largest absolute Gasteiger partial charge is 0.480 e. The summed E-state index contributed by atoms with van der Waals surface area (Å²) < 4.78 is 0. The van der Waals surface area contributed by atoms with Crippen LogP contribution in [0.15, 0.2) is 0 Å². The summed E-state index contributed by atoms with van der Waals surface area (Å²) >= 11 is 0. The number of nitrogens with one attached hydrogen (secondary N) is 1. The minimum Gasteiger partial charge on any atom is -0.480 e. The Labute approximate surface area is 91.6 Å². The third-order valence-electron chi connectivity index (χ3n) is 2.89. The van der Waals surface area contributed by atoms with Crippen LogP contribution in [-0.2, 0) is 4.79 Å². The molecule has 0 aromatic heterocycles. The molecule has 15 heavy (non-hydrogen) atoms. The maximum Gasteiger partial charge on any atom is 0.317 e. The number of hydrogen-bond acceptors (Lipinski definition) is 3. The lowest BCUT2D eigenvalue weighted by molar-refractivity contribution is -0.136. The molecule has 1 unspecified atom stereocenters. The summed E-state index contributed by atoms with van der Waals surface area (Å²) in [5.74, 6) is -0.764. The molecule has 1 aliphatic heterocycles. The summed E-state index contributed by atoms with van der Waals surface area (Å²) in [5.41, 5.74) is 0. The van der Waals surface area contributed by atoms with E-state index in [-0.39, 0.29) is 6.54 Å². The number of likely N-dealkylation sites (tertiary alicyclic amines) is 1. The fraction of sp³-hybridized carbons (Fsp3) is 0.909. The van der Waals surface area contributed by atoms with Gasteiger partial charge in [0.15, 0.2) is 0 Å². The molecule has 0 bridgehead atoms. The number of aliphatic carboxylic acids is 1. The minimum atomic E-state index is -0.764. The lowest BCUT2D eigenvalue weighted by Crippen LogP contribution is -2.36. The Morgan fingerprint density at radius 3 is 3.00 bits per heavy atom. The van der Waals surface area contributed by atoms with Crippen molar-refractivity contribution in [2.75, 3.05) is 26.2 Å². The topological polar surface area (TPSA) is 52.6 Å². The molecular formula is C11H22N2O2. The molecule has 0 aromatic rings. The minimum absolute atomic E-state index is 0.0907. The van der Waals surface area contributed by atoms with Crippen molar-refractivity contribution in [3.05, 3.63) is 0 Å². The van der Waals surface area contributed by atoms with E-state index in [1.54, 1.807) is 0 Å². The molecule has 1 heterocycles. The summed E-state index contributed by atoms with van der Waals surface area (Å²) in [4.78, 5) is 12.8. The molecule has 0 amide bonds. The summed E-state index contributed by atoms with van der Waals surface area (Å²) in [6.45, 7) is 5.59. The van der Waals surface area contributed by atoms with E-state index >= 15 is 0 Å². The van der Waals surface area contributed by atoms with Gasteiger partial charge in [-0.2, -0.15) is 0 Å². The number of nitrogens with zero attached hydrogens (tertiary/aromatic N) is 1. The third-order valence-corrected chi connectivity index (χ3v) is 2.89. The van der Waals surface area contributed by atoms with Crippen molar-refractivity contribution in [2.24, 2.45) is 0 Å². The highest BCUT2D eigenvalue weighted by molar-refractivity contribution is 5.69. The zero-order valence-corrected chi connectivity index (χ0v) is 9.54. The van der Waals surface area contributed by atoms with Gasteiger partial charge in [0, 0.05) is 12.6 Å². The smallest absolute Gasteiger partial charge is 0.317 e. The van der Waals surface area contributed by atoms with Crippen LogP contribution in [0, 0.1) is 0 Å². The number of hydrogen-bond donors (Lipinski definition) is 2. The summed E-state index contributed by atoms with van der Waals surface area (Å²) in [6, 6.07) is 0.378. The Kier molecular flexibility index (Phi) is 5.65. The maximum absolute atomic E-state index is 10.4. The van der Waals surface area contributed by atoms with Crippen molar-refractivity contribution in [3.63, 3.8) is 0 Å². The van der Waals surface area contributed by atoms with Gasteiger partial charge in [-0.15, -0.1) is 0 Å². The molecule has 0 aromatic carbocycles. The molecule has 1 atom stereocenters. The van der Waals surface area contributed by atoms with Gasteiger partial charge >= 0.3 is 5.97 Å². The van der Waals surface area contributed by atoms with Crippen LogP contribution in [0.4, 0.5) is 0 Å². The lowest BCUT2D eigenvalue weighted by atomic mass is 10.2. The molecule has 0 radical (unpaired) electrons. The molecule has 4 nitrogen and oxygen atoms in total. The van der Waals surface area contributed by atoms with Crippen molar-refractivity contribution in [2.45, 2.75) is 38.6 Å². The van der Waals surface area contributed by atoms with Crippen molar-refractivity contribution < 1.29 is 9.90 Å². The maximum atomic E-state index is 10.4. The summed E-state index contributed by atoms with van der Waals surface area (Å²) in [6.07, 6.45) is 4.90. The molecule has 1 fully saturated rings. The highest BCUT2D eigenvalue weighted by Crippen LogP contribution is 2.10. The van der Waals surface area contributed by atoms with E-state index in [0.29, 0.717) is 6.04 Å². The number of unbranched alkanes of at least 4 members (excludes halogenated alkanes) is 2. The molecule has 88 valence electrons. The zero-order chi connectivity index (χ0) is 11.1. The van der Waals surface area contributed by atoms with Gasteiger partial charge in [-0.05, 0) is 25.9 Å². The van der Waals surface area contributed by atoms with E-state index < -0.39 is 5.97 Å². The molecule has 0 aliphatic carbocycles. The highest BCUT2D eigenvalue weighted by Gasteiger charge is 2.21. The Balaban J connectivity index is 2.07. The van der Waals surface area contributed by atoms with Crippen LogP contribution in [0.25, 0.3) is 0 Å². The quantitative estimate of drug-likeness (QED) is 0.619. The van der Waals surface area contributed by atoms with Gasteiger partial charge in [-0.3, -0.25) is 4.79 Å². The Morgan fingerprint density at radius 2 is 2.33 bits per heavy atom. The van der Waals surface area contributed by atoms with Gasteiger partial charge in [0.2, 0.25) is 0 Å². The van der Waals surface area contributed by atoms with Crippen LogP contribution >= 0.6 is 0 Å². The van der Waals surface area contributed by atoms with Crippen LogP contribution in [0.2, 0.25) is 0 Å². The first-order chi connectivity index (χ1) is 7.22. The predicted octanol–water partition coefficient (Wildman–Crippen LogP) is 0.925. The first-order valence-electron chi connectivity index (χ1n) is 5.90. The van der Waals surface area contributed by atoms with E-state index in [9.17, 15) is 4.79 Å². The zero-order valence-electron chi connectivity index (χ0n) is 9.54. The standard InChI is InChI=1S/C11H22N2O2/c1-2-3-4-6-13-7-5-10(9-13)12-8-11(14)15/h10,12H,2-9H2,1H3,(H,14,15). The molecule has 1 rings (SSSR count). The second-order valence-electron chi connectivity index (χ2n) is 4.27. The van der Waals surface area contributed by atoms with Crippen molar-refractivity contribution in [3.8, 4) is 0 Å². The van der Waals surface area contributed by atoms with Gasteiger partial charge in [0.05, 0.1) is 6.54 Å². The van der Waals surface area contributed by atoms with Crippen molar-refractivity contribution in [1.82, 2.24) is 10.2 Å². The molecule has 0 spiro atoms. The first kappa shape index (κ1) is 12.5. The number of carboxylic acids is 1. The van der Waals surface area contributed by atoms with E-state index in [1.165, 1.54) is 25.8 Å². The lowest BCUT2D eigenvalue weighted by Gasteiger charge is -2.15. The highest BCUT2D eigenvalue weighted by atomic mass is 16.4. The second-order valence-corrected chi connectivity index (χ2v) is 4.27. The first-order valence-corrected chi connectivity index (χ1v) is 5.90. The third kappa shape index (κ3) is 5.14. The van der Waals surface area contributed by atoms with E-state index in [4.69, 9.17) is 5.11 Å². The molecule has 1 saturated heterocycles.